The molecule has 26 heavy (non-hydrogen) atoms. The van der Waals surface area contributed by atoms with Gasteiger partial charge in [0, 0.05) is 17.3 Å². The predicted octanol–water partition coefficient (Wildman–Crippen LogP) is 5.18. The van der Waals surface area contributed by atoms with Crippen LogP contribution in [0.25, 0.3) is 0 Å². The van der Waals surface area contributed by atoms with Crippen molar-refractivity contribution in [2.45, 2.75) is 80.4 Å². The summed E-state index contributed by atoms with van der Waals surface area (Å²) in [6.07, 6.45) is 12.9. The minimum absolute atomic E-state index is 0.312. The van der Waals surface area contributed by atoms with Gasteiger partial charge in [0.05, 0.1) is 6.33 Å². The van der Waals surface area contributed by atoms with Crippen LogP contribution in [0.3, 0.4) is 0 Å². The normalized spacial score (nSPS) is 31.4. The topological polar surface area (TPSA) is 38.0 Å². The largest absolute Gasteiger partial charge is 0.327 e. The molecule has 5 rings (SSSR count). The van der Waals surface area contributed by atoms with E-state index in [0.717, 1.165) is 11.7 Å². The smallest absolute Gasteiger partial charge is 0.0871 e. The third-order valence-corrected chi connectivity index (χ3v) is 8.29. The number of nitrogens with one attached hydrogen (secondary N) is 1. The van der Waals surface area contributed by atoms with Gasteiger partial charge in [-0.3, -0.25) is 4.72 Å². The number of hydrogen-bond donors (Lipinski definition) is 2. The molecule has 142 valence electrons. The Bertz CT molecular complexity index is 626. The Kier molecular flexibility index (Phi) is 5.45. The molecule has 4 aliphatic rings. The van der Waals surface area contributed by atoms with Gasteiger partial charge in [-0.25, -0.2) is 4.39 Å². The Morgan fingerprint density at radius 2 is 1.77 bits per heavy atom. The molecule has 2 nitrogen and oxygen atoms in total. The summed E-state index contributed by atoms with van der Waals surface area (Å²) in [7, 11) is 0. The standard InChI is InChI=1S/C22H31FN2S/c23-15-18(16-24)2-1-17-3-5-19(6-4-17)21-9-12-22(13-10-21,14-11-21)25-26-20-7-8-20/h3-6,15,20,25H,1-2,7-14,16,24H2/b18-15-. The van der Waals surface area contributed by atoms with E-state index < -0.39 is 0 Å². The van der Waals surface area contributed by atoms with Crippen LogP contribution in [0.15, 0.2) is 36.2 Å². The zero-order chi connectivity index (χ0) is 18.0. The van der Waals surface area contributed by atoms with E-state index in [-0.39, 0.29) is 0 Å². The molecule has 0 amide bonds. The van der Waals surface area contributed by atoms with Crippen LogP contribution < -0.4 is 10.5 Å². The van der Waals surface area contributed by atoms with Gasteiger partial charge in [0.15, 0.2) is 0 Å². The summed E-state index contributed by atoms with van der Waals surface area (Å²) >= 11 is 2.01. The molecule has 4 saturated carbocycles. The van der Waals surface area contributed by atoms with E-state index in [9.17, 15) is 4.39 Å². The van der Waals surface area contributed by atoms with Gasteiger partial charge in [-0.1, -0.05) is 36.2 Å². The van der Waals surface area contributed by atoms with Crippen molar-refractivity contribution in [3.63, 3.8) is 0 Å². The highest BCUT2D eigenvalue weighted by atomic mass is 32.2. The molecular formula is C22H31FN2S. The molecule has 2 bridgehead atoms. The van der Waals surface area contributed by atoms with Crippen LogP contribution in [0.1, 0.15) is 68.9 Å². The van der Waals surface area contributed by atoms with Gasteiger partial charge in [0.1, 0.15) is 0 Å². The molecular weight excluding hydrogens is 343 g/mol. The summed E-state index contributed by atoms with van der Waals surface area (Å²) in [5.41, 5.74) is 9.84. The van der Waals surface area contributed by atoms with E-state index in [0.29, 0.717) is 35.8 Å². The molecule has 1 aromatic carbocycles. The van der Waals surface area contributed by atoms with Crippen molar-refractivity contribution in [3.8, 4) is 0 Å². The molecule has 0 aromatic heterocycles. The molecule has 4 heteroatoms. The lowest BCUT2D eigenvalue weighted by Gasteiger charge is -2.54. The third kappa shape index (κ3) is 3.88. The van der Waals surface area contributed by atoms with Crippen molar-refractivity contribution in [3.05, 3.63) is 47.3 Å². The Hall–Kier alpha value is -0.840. The van der Waals surface area contributed by atoms with Crippen molar-refractivity contribution in [1.29, 1.82) is 0 Å². The Morgan fingerprint density at radius 3 is 2.31 bits per heavy atom. The second-order valence-electron chi connectivity index (χ2n) is 8.65. The first-order chi connectivity index (χ1) is 12.7. The van der Waals surface area contributed by atoms with Gasteiger partial charge in [0.2, 0.25) is 0 Å². The maximum atomic E-state index is 12.7. The summed E-state index contributed by atoms with van der Waals surface area (Å²) < 4.78 is 16.5. The SMILES string of the molecule is NC/C(=C\F)CCc1ccc(C23CCC(NSC4CC4)(CC2)CC3)cc1. The lowest BCUT2D eigenvalue weighted by Crippen LogP contribution is -2.54. The monoisotopic (exact) mass is 374 g/mol. The second-order valence-corrected chi connectivity index (χ2v) is 9.75. The Morgan fingerprint density at radius 1 is 1.12 bits per heavy atom. The first kappa shape index (κ1) is 18.5. The third-order valence-electron chi connectivity index (χ3n) is 6.93. The molecule has 3 N–H and O–H groups in total. The summed E-state index contributed by atoms with van der Waals surface area (Å²) in [6.45, 7) is 0.312. The van der Waals surface area contributed by atoms with Crippen molar-refractivity contribution in [2.75, 3.05) is 6.54 Å². The van der Waals surface area contributed by atoms with Crippen LogP contribution in [0, 0.1) is 0 Å². The Balaban J connectivity index is 1.36. The molecule has 0 saturated heterocycles. The number of rotatable bonds is 8. The van der Waals surface area contributed by atoms with Gasteiger partial charge in [-0.2, -0.15) is 0 Å². The van der Waals surface area contributed by atoms with E-state index in [1.807, 2.05) is 11.9 Å². The van der Waals surface area contributed by atoms with E-state index in [1.165, 1.54) is 62.5 Å². The van der Waals surface area contributed by atoms with Crippen LogP contribution >= 0.6 is 11.9 Å². The zero-order valence-corrected chi connectivity index (χ0v) is 16.4. The summed E-state index contributed by atoms with van der Waals surface area (Å²) in [5, 5.41) is 0.887. The molecule has 0 heterocycles. The van der Waals surface area contributed by atoms with Gasteiger partial charge in [-0.15, -0.1) is 0 Å². The van der Waals surface area contributed by atoms with Gasteiger partial charge < -0.3 is 5.73 Å². The first-order valence-corrected chi connectivity index (χ1v) is 11.1. The van der Waals surface area contributed by atoms with Crippen molar-refractivity contribution in [1.82, 2.24) is 4.72 Å². The fraction of sp³-hybridized carbons (Fsp3) is 0.636. The second kappa shape index (κ2) is 7.65. The highest BCUT2D eigenvalue weighted by Crippen LogP contribution is 2.54. The number of benzene rings is 1. The van der Waals surface area contributed by atoms with E-state index in [1.54, 1.807) is 0 Å². The van der Waals surface area contributed by atoms with Crippen molar-refractivity contribution >= 4 is 11.9 Å². The lowest BCUT2D eigenvalue weighted by molar-refractivity contribution is 0.0969. The minimum atomic E-state index is 0.312. The number of nitrogens with two attached hydrogens (primary N) is 1. The lowest BCUT2D eigenvalue weighted by atomic mass is 9.55. The minimum Gasteiger partial charge on any atom is -0.327 e. The Labute approximate surface area is 161 Å². The van der Waals surface area contributed by atoms with Gasteiger partial charge >= 0.3 is 0 Å². The molecule has 4 aliphatic carbocycles. The summed E-state index contributed by atoms with van der Waals surface area (Å²) in [4.78, 5) is 0. The van der Waals surface area contributed by atoms with Crippen LogP contribution in [0.2, 0.25) is 0 Å². The summed E-state index contributed by atoms with van der Waals surface area (Å²) in [6, 6.07) is 9.16. The fourth-order valence-corrected chi connectivity index (χ4v) is 5.79. The summed E-state index contributed by atoms with van der Waals surface area (Å²) in [5.74, 6) is 0. The molecule has 0 spiro atoms. The number of fused-ring (bicyclic) bond motifs is 3. The van der Waals surface area contributed by atoms with Crippen LogP contribution in [0.4, 0.5) is 4.39 Å². The van der Waals surface area contributed by atoms with E-state index >= 15 is 0 Å². The zero-order valence-electron chi connectivity index (χ0n) is 15.6. The number of halogens is 1. The highest BCUT2D eigenvalue weighted by Gasteiger charge is 2.49. The average Bonchev–Trinajstić information content (AvgIpc) is 3.54. The molecule has 0 unspecified atom stereocenters. The maximum Gasteiger partial charge on any atom is 0.0871 e. The maximum absolute atomic E-state index is 12.7. The fourth-order valence-electron chi connectivity index (χ4n) is 4.70. The number of aryl methyl sites for hydroxylation is 1. The van der Waals surface area contributed by atoms with Crippen molar-refractivity contribution < 1.29 is 4.39 Å². The van der Waals surface area contributed by atoms with E-state index in [2.05, 4.69) is 29.0 Å². The highest BCUT2D eigenvalue weighted by molar-refractivity contribution is 7.98. The van der Waals surface area contributed by atoms with Gasteiger partial charge in [-0.05, 0) is 86.3 Å². The average molecular weight is 375 g/mol. The first-order valence-electron chi connectivity index (χ1n) is 10.2. The van der Waals surface area contributed by atoms with Crippen LogP contribution in [-0.2, 0) is 11.8 Å². The van der Waals surface area contributed by atoms with Crippen LogP contribution in [-0.4, -0.2) is 17.3 Å². The van der Waals surface area contributed by atoms with Crippen molar-refractivity contribution in [2.24, 2.45) is 5.73 Å². The number of hydrogen-bond acceptors (Lipinski definition) is 3. The van der Waals surface area contributed by atoms with E-state index in [4.69, 9.17) is 5.73 Å². The molecule has 0 aliphatic heterocycles. The van der Waals surface area contributed by atoms with Crippen LogP contribution in [0.5, 0.6) is 0 Å². The van der Waals surface area contributed by atoms with Gasteiger partial charge in [0.25, 0.3) is 0 Å². The predicted molar refractivity (Wildman–Crippen MR) is 109 cm³/mol. The quantitative estimate of drug-likeness (QED) is 0.616. The molecule has 0 radical (unpaired) electrons. The molecule has 1 aromatic rings. The molecule has 4 fully saturated rings. The molecule has 0 atom stereocenters.